The summed E-state index contributed by atoms with van der Waals surface area (Å²) >= 11 is 0. The van der Waals surface area contributed by atoms with Crippen molar-refractivity contribution in [2.24, 2.45) is 4.99 Å². The van der Waals surface area contributed by atoms with Gasteiger partial charge in [-0.2, -0.15) is 5.06 Å². The largest absolute Gasteiger partial charge is 0.408 e. The molecule has 0 saturated carbocycles. The first kappa shape index (κ1) is 43.1. The summed E-state index contributed by atoms with van der Waals surface area (Å²) in [6.07, 6.45) is 24.7. The Labute approximate surface area is 327 Å². The van der Waals surface area contributed by atoms with Gasteiger partial charge in [0.25, 0.3) is 0 Å². The van der Waals surface area contributed by atoms with E-state index < -0.39 is 20.1 Å². The molecule has 54 heavy (non-hydrogen) atoms. The number of aliphatic imine (C=N–C) groups is 1. The van der Waals surface area contributed by atoms with E-state index in [4.69, 9.17) is 28.5 Å². The fourth-order valence-corrected chi connectivity index (χ4v) is 9.00. The van der Waals surface area contributed by atoms with Crippen LogP contribution in [0.15, 0.2) is 17.6 Å². The molecule has 0 radical (unpaired) electrons. The Kier molecular flexibility index (Phi) is 16.3. The summed E-state index contributed by atoms with van der Waals surface area (Å²) in [5.41, 5.74) is 0.494. The van der Waals surface area contributed by atoms with Crippen LogP contribution in [0.4, 0.5) is 5.82 Å². The van der Waals surface area contributed by atoms with Crippen LogP contribution in [0, 0.1) is 0 Å². The maximum atomic E-state index is 7.22. The van der Waals surface area contributed by atoms with Crippen LogP contribution in [0.5, 0.6) is 0 Å². The van der Waals surface area contributed by atoms with Crippen molar-refractivity contribution >= 4 is 31.6 Å². The summed E-state index contributed by atoms with van der Waals surface area (Å²) in [6, 6.07) is 0.322. The monoisotopic (exact) mass is 772 g/mol. The van der Waals surface area contributed by atoms with E-state index in [-0.39, 0.29) is 17.2 Å². The number of fused-ring (bicyclic) bond motifs is 3. The number of hydrogen-bond donors (Lipinski definition) is 0. The number of imidazole rings is 1. The van der Waals surface area contributed by atoms with Crippen LogP contribution in [0.2, 0.25) is 18.1 Å². The zero-order valence-corrected chi connectivity index (χ0v) is 36.1. The molecule has 0 aliphatic carbocycles. The summed E-state index contributed by atoms with van der Waals surface area (Å²) in [4.78, 5) is 27.0. The third-order valence-corrected chi connectivity index (χ3v) is 16.5. The number of ether oxygens (including phenoxy) is 3. The first-order valence-corrected chi connectivity index (χ1v) is 24.2. The first-order valence-electron chi connectivity index (χ1n) is 21.3. The lowest BCUT2D eigenvalue weighted by Crippen LogP contribution is -2.54. The SMILES string of the molecule is CCCCCCCCCCCCCCCCN(OC[C@]12COC(C1O[Si](C)(C)C(C)(C)C)[C@H](n1cnc3c(N=CN(C)C)ncnc31)O2)C1CCOCC1. The Morgan fingerprint density at radius 1 is 0.926 bits per heavy atom. The second-order valence-corrected chi connectivity index (χ2v) is 22.5. The van der Waals surface area contributed by atoms with E-state index >= 15 is 0 Å². The smallest absolute Gasteiger partial charge is 0.192 e. The average Bonchev–Trinajstić information content (AvgIpc) is 3.81. The molecule has 3 aliphatic rings. The highest BCUT2D eigenvalue weighted by Crippen LogP contribution is 2.50. The van der Waals surface area contributed by atoms with Gasteiger partial charge < -0.3 is 23.5 Å². The number of aromatic nitrogens is 4. The fraction of sp³-hybridized carbons (Fsp3) is 0.854. The minimum Gasteiger partial charge on any atom is -0.408 e. The van der Waals surface area contributed by atoms with Crippen LogP contribution >= 0.6 is 0 Å². The van der Waals surface area contributed by atoms with Crippen LogP contribution < -0.4 is 0 Å². The first-order chi connectivity index (χ1) is 26.0. The molecule has 2 unspecified atom stereocenters. The minimum absolute atomic E-state index is 0.0167. The molecule has 0 amide bonds. The van der Waals surface area contributed by atoms with Crippen LogP contribution in [-0.4, -0.2) is 115 Å². The Hall–Kier alpha value is -2.00. The predicted molar refractivity (Wildman–Crippen MR) is 219 cm³/mol. The molecular formula is C41H73N7O5Si. The molecule has 5 heterocycles. The molecule has 2 bridgehead atoms. The highest BCUT2D eigenvalue weighted by Gasteiger charge is 2.65. The molecule has 12 nitrogen and oxygen atoms in total. The van der Waals surface area contributed by atoms with Crippen LogP contribution in [0.25, 0.3) is 11.2 Å². The Bertz CT molecular complexity index is 1430. The number of unbranched alkanes of at least 4 members (excludes halogenated alkanes) is 13. The summed E-state index contributed by atoms with van der Waals surface area (Å²) in [6.45, 7) is 16.9. The zero-order chi connectivity index (χ0) is 38.6. The number of hydroxylamine groups is 2. The van der Waals surface area contributed by atoms with E-state index in [1.54, 1.807) is 12.7 Å². The standard InChI is InChI=1S/C41H73N7O5Si/c1-9-10-11-12-13-14-15-16-17-18-19-20-21-22-25-48(33-23-26-49-27-24-33)51-29-41-28-50-35(36(41)53-54(7,8)40(2,3)4)39(52-41)47-32-44-34-37(45-31-46(5)6)42-30-43-38(34)47/h30-33,35-36,39H,9-29H2,1-8H3/t35?,36?,39-,41-/m1/s1. The van der Waals surface area contributed by atoms with E-state index in [1.807, 2.05) is 23.6 Å². The van der Waals surface area contributed by atoms with Gasteiger partial charge in [-0.25, -0.2) is 19.9 Å². The van der Waals surface area contributed by atoms with E-state index in [9.17, 15) is 0 Å². The van der Waals surface area contributed by atoms with Gasteiger partial charge in [0, 0.05) is 39.9 Å². The van der Waals surface area contributed by atoms with Gasteiger partial charge >= 0.3 is 0 Å². The van der Waals surface area contributed by atoms with Crippen molar-refractivity contribution in [2.45, 2.75) is 179 Å². The fourth-order valence-electron chi connectivity index (χ4n) is 7.66. The van der Waals surface area contributed by atoms with Gasteiger partial charge in [0.2, 0.25) is 0 Å². The summed E-state index contributed by atoms with van der Waals surface area (Å²) < 4.78 is 28.6. The highest BCUT2D eigenvalue weighted by atomic mass is 28.4. The molecule has 3 aliphatic heterocycles. The molecule has 13 heteroatoms. The number of rotatable bonds is 24. The van der Waals surface area contributed by atoms with Crippen molar-refractivity contribution in [3.05, 3.63) is 12.7 Å². The molecule has 2 aromatic rings. The molecule has 0 spiro atoms. The van der Waals surface area contributed by atoms with Gasteiger partial charge in [0.15, 0.2) is 31.5 Å². The van der Waals surface area contributed by atoms with Gasteiger partial charge in [-0.1, -0.05) is 111 Å². The number of nitrogens with zero attached hydrogens (tertiary/aromatic N) is 7. The zero-order valence-electron chi connectivity index (χ0n) is 35.1. The Morgan fingerprint density at radius 3 is 2.17 bits per heavy atom. The summed E-state index contributed by atoms with van der Waals surface area (Å²) in [5.74, 6) is 0.513. The molecule has 4 atom stereocenters. The van der Waals surface area contributed by atoms with E-state index in [0.717, 1.165) is 39.0 Å². The van der Waals surface area contributed by atoms with Crippen LogP contribution in [-0.2, 0) is 23.5 Å². The summed E-state index contributed by atoms with van der Waals surface area (Å²) in [5, 5.41) is 2.27. The van der Waals surface area contributed by atoms with Crippen LogP contribution in [0.3, 0.4) is 0 Å². The van der Waals surface area contributed by atoms with Crippen molar-refractivity contribution in [3.63, 3.8) is 0 Å². The van der Waals surface area contributed by atoms with Crippen molar-refractivity contribution < 1.29 is 23.5 Å². The second-order valence-electron chi connectivity index (χ2n) is 17.7. The van der Waals surface area contributed by atoms with E-state index in [2.05, 4.69) is 60.8 Å². The Morgan fingerprint density at radius 2 is 1.56 bits per heavy atom. The normalized spacial score (nSPS) is 23.8. The molecule has 2 aromatic heterocycles. The third kappa shape index (κ3) is 11.3. The van der Waals surface area contributed by atoms with Crippen molar-refractivity contribution in [3.8, 4) is 0 Å². The van der Waals surface area contributed by atoms with Gasteiger partial charge in [0.05, 0.1) is 19.3 Å². The molecule has 5 rings (SSSR count). The molecule has 3 fully saturated rings. The maximum absolute atomic E-state index is 7.22. The lowest BCUT2D eigenvalue weighted by molar-refractivity contribution is -0.260. The summed E-state index contributed by atoms with van der Waals surface area (Å²) in [7, 11) is 1.63. The second kappa shape index (κ2) is 20.4. The molecular weight excluding hydrogens is 699 g/mol. The van der Waals surface area contributed by atoms with Gasteiger partial charge in [-0.15, -0.1) is 0 Å². The topological polar surface area (TPSA) is 109 Å². The minimum atomic E-state index is -2.22. The van der Waals surface area contributed by atoms with Gasteiger partial charge in [0.1, 0.15) is 30.7 Å². The maximum Gasteiger partial charge on any atom is 0.192 e. The van der Waals surface area contributed by atoms with Crippen molar-refractivity contribution in [1.82, 2.24) is 29.5 Å². The molecule has 306 valence electrons. The molecule has 0 N–H and O–H groups in total. The average molecular weight is 772 g/mol. The molecule has 3 saturated heterocycles. The lowest BCUT2D eigenvalue weighted by Gasteiger charge is -2.41. The Balaban J connectivity index is 1.22. The van der Waals surface area contributed by atoms with Crippen LogP contribution in [0.1, 0.15) is 137 Å². The van der Waals surface area contributed by atoms with Gasteiger partial charge in [-0.3, -0.25) is 9.40 Å². The quantitative estimate of drug-likeness (QED) is 0.0337. The van der Waals surface area contributed by atoms with Crippen molar-refractivity contribution in [1.29, 1.82) is 0 Å². The molecule has 0 aromatic carbocycles. The highest BCUT2D eigenvalue weighted by molar-refractivity contribution is 6.74. The van der Waals surface area contributed by atoms with E-state index in [1.165, 1.54) is 89.8 Å². The van der Waals surface area contributed by atoms with E-state index in [0.29, 0.717) is 36.2 Å². The third-order valence-electron chi connectivity index (χ3n) is 12.0. The predicted octanol–water partition coefficient (Wildman–Crippen LogP) is 9.00. The van der Waals surface area contributed by atoms with Crippen molar-refractivity contribution in [2.75, 3.05) is 47.1 Å². The van der Waals surface area contributed by atoms with Gasteiger partial charge in [-0.05, 0) is 37.4 Å². The number of hydrogen-bond acceptors (Lipinski definition) is 10. The lowest BCUT2D eigenvalue weighted by atomic mass is 10.0.